The van der Waals surface area contributed by atoms with E-state index in [0.717, 1.165) is 24.0 Å². The van der Waals surface area contributed by atoms with E-state index in [2.05, 4.69) is 0 Å². The highest BCUT2D eigenvalue weighted by Gasteiger charge is 2.27. The molecule has 86 valence electrons. The van der Waals surface area contributed by atoms with Crippen molar-refractivity contribution in [1.82, 2.24) is 0 Å². The molecule has 0 atom stereocenters. The summed E-state index contributed by atoms with van der Waals surface area (Å²) in [6.45, 7) is 3.48. The zero-order chi connectivity index (χ0) is 11.5. The van der Waals surface area contributed by atoms with Crippen LogP contribution in [0.1, 0.15) is 33.1 Å². The molecule has 0 radical (unpaired) electrons. The third-order valence-corrected chi connectivity index (χ3v) is 2.35. The van der Waals surface area contributed by atoms with Gasteiger partial charge in [0.05, 0.1) is 13.0 Å². The number of hydrogen-bond donors (Lipinski definition) is 0. The molecule has 1 rings (SSSR count). The van der Waals surface area contributed by atoms with Crippen LogP contribution in [0.4, 0.5) is 13.2 Å². The molecule has 15 heavy (non-hydrogen) atoms. The lowest BCUT2D eigenvalue weighted by molar-refractivity contribution is -0.142. The zero-order valence-electron chi connectivity index (χ0n) is 8.95. The van der Waals surface area contributed by atoms with Gasteiger partial charge in [0.1, 0.15) is 5.76 Å². The van der Waals surface area contributed by atoms with Crippen molar-refractivity contribution in [1.29, 1.82) is 0 Å². The molecule has 0 bridgehead atoms. The highest BCUT2D eigenvalue weighted by Crippen LogP contribution is 2.27. The van der Waals surface area contributed by atoms with Gasteiger partial charge in [0.25, 0.3) is 0 Å². The van der Waals surface area contributed by atoms with E-state index in [9.17, 15) is 13.2 Å². The van der Waals surface area contributed by atoms with Crippen molar-refractivity contribution in [2.24, 2.45) is 0 Å². The predicted octanol–water partition coefficient (Wildman–Crippen LogP) is 3.97. The number of hydrogen-bond acceptors (Lipinski definition) is 1. The van der Waals surface area contributed by atoms with Crippen LogP contribution in [-0.4, -0.2) is 12.8 Å². The minimum Gasteiger partial charge on any atom is -0.493 e. The van der Waals surface area contributed by atoms with Crippen LogP contribution in [0, 0.1) is 0 Å². The van der Waals surface area contributed by atoms with Crippen LogP contribution in [0.3, 0.4) is 0 Å². The molecule has 0 aromatic rings. The number of rotatable bonds is 3. The minimum atomic E-state index is -4.14. The van der Waals surface area contributed by atoms with Gasteiger partial charge in [0.15, 0.2) is 0 Å². The molecule has 0 fully saturated rings. The lowest BCUT2D eigenvalue weighted by atomic mass is 10.00. The van der Waals surface area contributed by atoms with Crippen LogP contribution >= 0.6 is 0 Å². The molecule has 0 saturated heterocycles. The Hall–Kier alpha value is -0.930. The van der Waals surface area contributed by atoms with Gasteiger partial charge >= 0.3 is 6.18 Å². The molecule has 0 aromatic carbocycles. The standard InChI is InChI=1S/C11H15F3O/c1-8-4-3-5-9(2)10(8)15-7-6-11(12,13)14/h4H,3,5-7H2,1-2H3. The smallest absolute Gasteiger partial charge is 0.392 e. The number of allylic oxidation sites excluding steroid dienone is 3. The molecule has 1 nitrogen and oxygen atoms in total. The van der Waals surface area contributed by atoms with Crippen molar-refractivity contribution >= 4 is 0 Å². The molecule has 4 heteroatoms. The minimum absolute atomic E-state index is 0.290. The van der Waals surface area contributed by atoms with Crippen molar-refractivity contribution in [2.75, 3.05) is 6.61 Å². The maximum absolute atomic E-state index is 11.9. The Morgan fingerprint density at radius 2 is 2.00 bits per heavy atom. The second-order valence-electron chi connectivity index (χ2n) is 3.75. The third kappa shape index (κ3) is 3.98. The van der Waals surface area contributed by atoms with Crippen LogP contribution in [0.2, 0.25) is 0 Å². The Morgan fingerprint density at radius 3 is 2.53 bits per heavy atom. The molecule has 0 unspecified atom stereocenters. The maximum atomic E-state index is 11.9. The van der Waals surface area contributed by atoms with Gasteiger partial charge in [0.2, 0.25) is 0 Å². The van der Waals surface area contributed by atoms with Gasteiger partial charge in [0, 0.05) is 0 Å². The first-order valence-corrected chi connectivity index (χ1v) is 4.96. The summed E-state index contributed by atoms with van der Waals surface area (Å²) in [5.41, 5.74) is 1.98. The highest BCUT2D eigenvalue weighted by atomic mass is 19.4. The average molecular weight is 220 g/mol. The molecule has 0 saturated carbocycles. The summed E-state index contributed by atoms with van der Waals surface area (Å²) in [6, 6.07) is 0. The van der Waals surface area contributed by atoms with Crippen LogP contribution in [0.5, 0.6) is 0 Å². The SMILES string of the molecule is CC1=CCCC(C)=C1OCCC(F)(F)F. The molecule has 0 aromatic heterocycles. The Labute approximate surface area is 87.6 Å². The monoisotopic (exact) mass is 220 g/mol. The summed E-state index contributed by atoms with van der Waals surface area (Å²) in [4.78, 5) is 0. The van der Waals surface area contributed by atoms with Crippen molar-refractivity contribution in [3.8, 4) is 0 Å². The van der Waals surface area contributed by atoms with E-state index in [-0.39, 0.29) is 6.61 Å². The van der Waals surface area contributed by atoms with Gasteiger partial charge in [-0.15, -0.1) is 0 Å². The van der Waals surface area contributed by atoms with E-state index in [4.69, 9.17) is 4.74 Å². The van der Waals surface area contributed by atoms with Gasteiger partial charge in [-0.2, -0.15) is 13.2 Å². The number of ether oxygens (including phenoxy) is 1. The van der Waals surface area contributed by atoms with Gasteiger partial charge in [-0.05, 0) is 37.8 Å². The second-order valence-corrected chi connectivity index (χ2v) is 3.75. The first-order valence-electron chi connectivity index (χ1n) is 4.96. The van der Waals surface area contributed by atoms with E-state index < -0.39 is 12.6 Å². The molecule has 0 aliphatic heterocycles. The molecule has 1 aliphatic carbocycles. The molecule has 0 spiro atoms. The quantitative estimate of drug-likeness (QED) is 0.699. The Kier molecular flexibility index (Phi) is 3.83. The summed E-state index contributed by atoms with van der Waals surface area (Å²) < 4.78 is 40.9. The summed E-state index contributed by atoms with van der Waals surface area (Å²) in [5.74, 6) is 0.644. The first-order chi connectivity index (χ1) is 6.90. The fraction of sp³-hybridized carbons (Fsp3) is 0.636. The van der Waals surface area contributed by atoms with Crippen molar-refractivity contribution in [3.63, 3.8) is 0 Å². The van der Waals surface area contributed by atoms with E-state index in [1.165, 1.54) is 0 Å². The summed E-state index contributed by atoms with van der Waals surface area (Å²) in [7, 11) is 0. The fourth-order valence-corrected chi connectivity index (χ4v) is 1.55. The van der Waals surface area contributed by atoms with Gasteiger partial charge in [-0.3, -0.25) is 0 Å². The Morgan fingerprint density at radius 1 is 1.33 bits per heavy atom. The van der Waals surface area contributed by atoms with Gasteiger partial charge in [-0.1, -0.05) is 6.08 Å². The third-order valence-electron chi connectivity index (χ3n) is 2.35. The zero-order valence-corrected chi connectivity index (χ0v) is 8.95. The molecular weight excluding hydrogens is 205 g/mol. The normalized spacial score (nSPS) is 17.8. The molecule has 1 aliphatic rings. The first kappa shape index (κ1) is 12.1. The molecular formula is C11H15F3O. The van der Waals surface area contributed by atoms with E-state index >= 15 is 0 Å². The predicted molar refractivity (Wildman–Crippen MR) is 52.3 cm³/mol. The van der Waals surface area contributed by atoms with Crippen molar-refractivity contribution in [2.45, 2.75) is 39.3 Å². The largest absolute Gasteiger partial charge is 0.493 e. The lowest BCUT2D eigenvalue weighted by Crippen LogP contribution is -2.12. The summed E-state index contributed by atoms with van der Waals surface area (Å²) in [5, 5.41) is 0. The topological polar surface area (TPSA) is 9.23 Å². The van der Waals surface area contributed by atoms with Crippen LogP contribution in [-0.2, 0) is 4.74 Å². The van der Waals surface area contributed by atoms with E-state index in [1.54, 1.807) is 0 Å². The van der Waals surface area contributed by atoms with Gasteiger partial charge < -0.3 is 4.74 Å². The van der Waals surface area contributed by atoms with Crippen LogP contribution in [0.25, 0.3) is 0 Å². The molecule has 0 N–H and O–H groups in total. The molecule has 0 heterocycles. The number of halogens is 3. The number of alkyl halides is 3. The lowest BCUT2D eigenvalue weighted by Gasteiger charge is -2.18. The second kappa shape index (κ2) is 4.73. The van der Waals surface area contributed by atoms with Crippen molar-refractivity contribution in [3.05, 3.63) is 23.0 Å². The fourth-order valence-electron chi connectivity index (χ4n) is 1.55. The van der Waals surface area contributed by atoms with Crippen molar-refractivity contribution < 1.29 is 17.9 Å². The highest BCUT2D eigenvalue weighted by molar-refractivity contribution is 5.31. The Bertz CT molecular complexity index is 287. The average Bonchev–Trinajstić information content (AvgIpc) is 2.08. The maximum Gasteiger partial charge on any atom is 0.392 e. The molecule has 0 amide bonds. The summed E-state index contributed by atoms with van der Waals surface area (Å²) >= 11 is 0. The summed E-state index contributed by atoms with van der Waals surface area (Å²) in [6.07, 6.45) is -1.21. The van der Waals surface area contributed by atoms with Crippen LogP contribution in [0.15, 0.2) is 23.0 Å². The van der Waals surface area contributed by atoms with Crippen LogP contribution < -0.4 is 0 Å². The Balaban J connectivity index is 2.48. The van der Waals surface area contributed by atoms with E-state index in [0.29, 0.717) is 5.76 Å². The van der Waals surface area contributed by atoms with Gasteiger partial charge in [-0.25, -0.2) is 0 Å². The van der Waals surface area contributed by atoms with E-state index in [1.807, 2.05) is 19.9 Å².